The largest absolute Gasteiger partial charge is 0.477 e. The number of benzene rings is 1. The summed E-state index contributed by atoms with van der Waals surface area (Å²) in [4.78, 5) is 127. The van der Waals surface area contributed by atoms with Crippen molar-refractivity contribution in [3.63, 3.8) is 0 Å². The highest BCUT2D eigenvalue weighted by molar-refractivity contribution is 5.99. The van der Waals surface area contributed by atoms with E-state index in [9.17, 15) is 53.4 Å². The van der Waals surface area contributed by atoms with Gasteiger partial charge < -0.3 is 98.2 Å². The van der Waals surface area contributed by atoms with Crippen LogP contribution in [0.3, 0.4) is 0 Å². The van der Waals surface area contributed by atoms with Crippen molar-refractivity contribution in [3.05, 3.63) is 47.2 Å². The number of hydrogen-bond acceptors (Lipinski definition) is 17. The third-order valence-corrected chi connectivity index (χ3v) is 12.4. The first-order valence-electron chi connectivity index (χ1n) is 26.1. The van der Waals surface area contributed by atoms with Crippen molar-refractivity contribution in [2.24, 2.45) is 50.9 Å². The molecular formula is C49H85N17O11. The van der Waals surface area contributed by atoms with Gasteiger partial charge >= 0.3 is 5.97 Å². The van der Waals surface area contributed by atoms with Gasteiger partial charge in [0.1, 0.15) is 41.9 Å². The van der Waals surface area contributed by atoms with E-state index in [0.717, 1.165) is 5.56 Å². The van der Waals surface area contributed by atoms with Crippen molar-refractivity contribution in [1.29, 1.82) is 0 Å². The number of aliphatic hydroxyl groups is 1. The highest BCUT2D eigenvalue weighted by Gasteiger charge is 2.40. The molecule has 1 fully saturated rings. The summed E-state index contributed by atoms with van der Waals surface area (Å²) in [7, 11) is 0. The number of carbonyl (C=O) groups excluding carboxylic acids is 8. The van der Waals surface area contributed by atoms with Crippen LogP contribution in [-0.4, -0.2) is 175 Å². The molecule has 28 nitrogen and oxygen atoms in total. The highest BCUT2D eigenvalue weighted by atomic mass is 16.4. The minimum Gasteiger partial charge on any atom is -0.477 e. The Balaban J connectivity index is 2.31. The van der Waals surface area contributed by atoms with Crippen molar-refractivity contribution in [3.8, 4) is 0 Å². The molecule has 77 heavy (non-hydrogen) atoms. The predicted octanol–water partition coefficient (Wildman–Crippen LogP) is -5.80. The van der Waals surface area contributed by atoms with E-state index < -0.39 is 120 Å². The van der Waals surface area contributed by atoms with Crippen LogP contribution >= 0.6 is 0 Å². The molecule has 8 amide bonds. The maximum absolute atomic E-state index is 14.3. The van der Waals surface area contributed by atoms with Crippen LogP contribution in [0.5, 0.6) is 0 Å². The molecule has 1 heterocycles. The fraction of sp³-hybridized carbons (Fsp3) is 0.633. The van der Waals surface area contributed by atoms with Gasteiger partial charge in [0, 0.05) is 26.1 Å². The molecule has 432 valence electrons. The normalized spacial score (nSPS) is 16.0. The smallest absolute Gasteiger partial charge is 0.352 e. The van der Waals surface area contributed by atoms with E-state index in [1.165, 1.54) is 11.0 Å². The van der Waals surface area contributed by atoms with E-state index in [1.54, 1.807) is 12.1 Å². The second-order valence-electron chi connectivity index (χ2n) is 18.7. The van der Waals surface area contributed by atoms with Gasteiger partial charge in [-0.15, -0.1) is 0 Å². The number of unbranched alkanes of at least 4 members (excludes halogenated alkanes) is 2. The number of carbonyl (C=O) groups is 9. The van der Waals surface area contributed by atoms with Gasteiger partial charge in [0.15, 0.2) is 5.96 Å². The lowest BCUT2D eigenvalue weighted by Crippen LogP contribution is -2.61. The van der Waals surface area contributed by atoms with Gasteiger partial charge in [0.25, 0.3) is 0 Å². The molecule has 0 unspecified atom stereocenters. The van der Waals surface area contributed by atoms with E-state index in [2.05, 4.69) is 42.2 Å². The molecule has 0 radical (unpaired) electrons. The second kappa shape index (κ2) is 36.3. The first-order valence-corrected chi connectivity index (χ1v) is 26.1. The topological polar surface area (TPSA) is 502 Å². The van der Waals surface area contributed by atoms with Crippen LogP contribution in [0, 0.1) is 6.92 Å². The number of aryl methyl sites for hydroxylation is 1. The summed E-state index contributed by atoms with van der Waals surface area (Å²) >= 11 is 0. The molecule has 1 saturated heterocycles. The number of aliphatic carboxylic acids is 1. The molecule has 1 aliphatic rings. The number of nitrogens with zero attached hydrogens (tertiary/aromatic N) is 2. The fourth-order valence-corrected chi connectivity index (χ4v) is 8.24. The molecule has 0 spiro atoms. The Kier molecular flexibility index (Phi) is 31.2. The number of nitrogens with two attached hydrogens (primary N) is 8. The number of carboxylic acids is 1. The first-order chi connectivity index (χ1) is 36.7. The number of rotatable bonds is 37. The number of likely N-dealkylation sites (tertiary alicyclic amines) is 1. The lowest BCUT2D eigenvalue weighted by atomic mass is 10.0. The summed E-state index contributed by atoms with van der Waals surface area (Å²) in [6.07, 6.45) is 3.14. The summed E-state index contributed by atoms with van der Waals surface area (Å²) < 4.78 is 0. The number of nitrogens with one attached hydrogen (secondary N) is 7. The zero-order valence-electron chi connectivity index (χ0n) is 44.1. The number of amides is 8. The van der Waals surface area contributed by atoms with E-state index >= 15 is 0 Å². The standard InChI is InChI=1S/C49H85N17O11/c1-29-11-6-12-30(25-29)26-36(44(72)61-33(14-3-5-20-51)43(71)63-35(48(76)77)17-9-23-58-49(56)57)64-45(73)37-18-10-24-66(37)47(75)34(16-8-22-53)60-39(68)28-59-42(70)32(15-7-21-52)62-46(74)40(38(67)27-54)65-41(69)31(55)13-2-4-19-50/h6,11-12,17,25,31-34,36-38,40,67H,2-5,7-10,13-16,18-24,26-28,50-55H2,1H3,(H,59,70)(H,60,68)(H,61,72)(H,62,74)(H,63,71)(H,64,73)(H,65,69)(H,76,77)(H4,56,57,58)/b35-17-/t31-,32-,33-,34+,36-,37-,38-,40+/m0/s1. The summed E-state index contributed by atoms with van der Waals surface area (Å²) in [5.74, 6) is -7.90. The number of guanidine groups is 1. The molecule has 2 rings (SSSR count). The van der Waals surface area contributed by atoms with Crippen LogP contribution in [0.25, 0.3) is 0 Å². The molecule has 25 N–H and O–H groups in total. The number of carboxylic acid groups (broad SMARTS) is 1. The lowest BCUT2D eigenvalue weighted by molar-refractivity contribution is -0.142. The summed E-state index contributed by atoms with van der Waals surface area (Å²) in [6.45, 7) is 1.84. The van der Waals surface area contributed by atoms with Crippen LogP contribution in [0.2, 0.25) is 0 Å². The van der Waals surface area contributed by atoms with Gasteiger partial charge in [-0.2, -0.15) is 0 Å². The Hall–Kier alpha value is -6.82. The SMILES string of the molecule is Cc1cccc(C[C@H](NC(=O)[C@@H]2CCCN2C(=O)[C@@H](CCCN)NC(=O)CNC(=O)[C@H](CCCN)NC(=O)[C@H](NC(=O)[C@@H](N)CCCCN)[C@@H](O)CN)C(=O)N[C@@H](CCCCN)C(=O)N/C(=C\CCN=C(N)N)C(=O)O)c1. The van der Waals surface area contributed by atoms with E-state index in [0.29, 0.717) is 44.2 Å². The molecule has 1 aromatic carbocycles. The molecule has 1 aliphatic heterocycles. The first kappa shape index (κ1) is 66.3. The van der Waals surface area contributed by atoms with Gasteiger partial charge in [-0.3, -0.25) is 43.3 Å². The molecule has 0 bridgehead atoms. The van der Waals surface area contributed by atoms with Crippen LogP contribution in [0.1, 0.15) is 94.6 Å². The third-order valence-electron chi connectivity index (χ3n) is 12.4. The maximum Gasteiger partial charge on any atom is 0.352 e. The van der Waals surface area contributed by atoms with Gasteiger partial charge in [0.2, 0.25) is 47.3 Å². The molecule has 0 aromatic heterocycles. The quantitative estimate of drug-likeness (QED) is 0.0128. The molecule has 0 aliphatic carbocycles. The molecule has 28 heteroatoms. The van der Waals surface area contributed by atoms with Crippen molar-refractivity contribution in [2.75, 3.05) is 52.4 Å². The van der Waals surface area contributed by atoms with E-state index in [-0.39, 0.29) is 96.5 Å². The summed E-state index contributed by atoms with van der Waals surface area (Å²) in [5, 5.41) is 38.2. The van der Waals surface area contributed by atoms with Gasteiger partial charge in [0.05, 0.1) is 18.7 Å². The molecular weight excluding hydrogens is 1000 g/mol. The Bertz CT molecular complexity index is 2160. The van der Waals surface area contributed by atoms with Crippen LogP contribution < -0.4 is 83.1 Å². The fourth-order valence-electron chi connectivity index (χ4n) is 8.24. The van der Waals surface area contributed by atoms with Crippen molar-refractivity contribution < 1.29 is 53.4 Å². The Labute approximate surface area is 449 Å². The average Bonchev–Trinajstić information content (AvgIpc) is 3.90. The van der Waals surface area contributed by atoms with Crippen molar-refractivity contribution >= 4 is 59.2 Å². The van der Waals surface area contributed by atoms with E-state index in [4.69, 9.17) is 45.9 Å². The lowest BCUT2D eigenvalue weighted by Gasteiger charge is -2.30. The zero-order valence-corrected chi connectivity index (χ0v) is 44.1. The Morgan fingerprint density at radius 1 is 0.727 bits per heavy atom. The van der Waals surface area contributed by atoms with Crippen molar-refractivity contribution in [2.45, 2.75) is 145 Å². The van der Waals surface area contributed by atoms with Gasteiger partial charge in [-0.05, 0) is 116 Å². The van der Waals surface area contributed by atoms with Crippen LogP contribution in [-0.2, 0) is 49.6 Å². The summed E-state index contributed by atoms with van der Waals surface area (Å²) in [5.41, 5.74) is 46.1. The average molecular weight is 1090 g/mol. The van der Waals surface area contributed by atoms with Crippen LogP contribution in [0.15, 0.2) is 41.0 Å². The second-order valence-corrected chi connectivity index (χ2v) is 18.7. The van der Waals surface area contributed by atoms with Crippen LogP contribution in [0.4, 0.5) is 0 Å². The highest BCUT2D eigenvalue weighted by Crippen LogP contribution is 2.21. The minimum absolute atomic E-state index is 0.00318. The monoisotopic (exact) mass is 1090 g/mol. The van der Waals surface area contributed by atoms with Crippen molar-refractivity contribution in [1.82, 2.24) is 42.1 Å². The minimum atomic E-state index is -1.59. The molecule has 0 saturated carbocycles. The maximum atomic E-state index is 14.3. The summed E-state index contributed by atoms with van der Waals surface area (Å²) in [6, 6.07) is -1.62. The predicted molar refractivity (Wildman–Crippen MR) is 287 cm³/mol. The Morgan fingerprint density at radius 2 is 1.34 bits per heavy atom. The van der Waals surface area contributed by atoms with E-state index in [1.807, 2.05) is 19.1 Å². The van der Waals surface area contributed by atoms with Gasteiger partial charge in [-0.1, -0.05) is 42.3 Å². The zero-order chi connectivity index (χ0) is 57.5. The number of aliphatic hydroxyl groups excluding tert-OH is 1. The van der Waals surface area contributed by atoms with Gasteiger partial charge in [-0.25, -0.2) is 4.79 Å². The number of hydrogen-bond donors (Lipinski definition) is 17. The third kappa shape index (κ3) is 24.4. The number of aliphatic imine (C=N–C) groups is 1. The molecule has 8 atom stereocenters. The Morgan fingerprint density at radius 3 is 1.95 bits per heavy atom. The molecule has 1 aromatic rings.